The van der Waals surface area contributed by atoms with Gasteiger partial charge in [0.2, 0.25) is 0 Å². The van der Waals surface area contributed by atoms with Crippen LogP contribution >= 0.6 is 24.0 Å². The molecule has 0 saturated heterocycles. The predicted molar refractivity (Wildman–Crippen MR) is 91.6 cm³/mol. The molecule has 19 heavy (non-hydrogen) atoms. The van der Waals surface area contributed by atoms with E-state index in [0.29, 0.717) is 13.1 Å². The molecule has 0 radical (unpaired) electrons. The number of hydrogen-bond donors (Lipinski definition) is 2. The van der Waals surface area contributed by atoms with Crippen molar-refractivity contribution in [1.29, 1.82) is 0 Å². The van der Waals surface area contributed by atoms with Crippen LogP contribution in [-0.2, 0) is 9.47 Å². The molecular formula is C13H30IN3O2. The summed E-state index contributed by atoms with van der Waals surface area (Å²) in [5.74, 6) is 0.785. The fourth-order valence-electron chi connectivity index (χ4n) is 1.04. The van der Waals surface area contributed by atoms with Crippen LogP contribution in [0.15, 0.2) is 4.99 Å². The van der Waals surface area contributed by atoms with E-state index in [-0.39, 0.29) is 35.2 Å². The molecule has 0 atom stereocenters. The van der Waals surface area contributed by atoms with Gasteiger partial charge in [-0.25, -0.2) is 0 Å². The lowest BCUT2D eigenvalue weighted by molar-refractivity contribution is 0.0263. The van der Waals surface area contributed by atoms with Crippen LogP contribution in [0.2, 0.25) is 0 Å². The molecule has 6 heteroatoms. The summed E-state index contributed by atoms with van der Waals surface area (Å²) in [5.41, 5.74) is -0.466. The van der Waals surface area contributed by atoms with Gasteiger partial charge in [-0.15, -0.1) is 24.0 Å². The first-order chi connectivity index (χ1) is 8.26. The van der Waals surface area contributed by atoms with Gasteiger partial charge in [-0.3, -0.25) is 4.99 Å². The fraction of sp³-hybridized carbons (Fsp3) is 0.923. The number of guanidine groups is 1. The van der Waals surface area contributed by atoms with Crippen molar-refractivity contribution >= 4 is 29.9 Å². The Morgan fingerprint density at radius 1 is 1.00 bits per heavy atom. The van der Waals surface area contributed by atoms with Gasteiger partial charge in [0.25, 0.3) is 0 Å². The van der Waals surface area contributed by atoms with Crippen molar-refractivity contribution in [2.75, 3.05) is 33.9 Å². The quantitative estimate of drug-likeness (QED) is 0.399. The Balaban J connectivity index is 0. The van der Waals surface area contributed by atoms with Crippen molar-refractivity contribution in [3.8, 4) is 0 Å². The summed E-state index contributed by atoms with van der Waals surface area (Å²) in [5, 5.41) is 6.47. The Bertz CT molecular complexity index is 269. The van der Waals surface area contributed by atoms with Gasteiger partial charge in [-0.1, -0.05) is 0 Å². The van der Waals surface area contributed by atoms with Crippen molar-refractivity contribution in [1.82, 2.24) is 10.6 Å². The maximum Gasteiger partial charge on any atom is 0.191 e. The lowest BCUT2D eigenvalue weighted by Gasteiger charge is -2.25. The Hall–Kier alpha value is -0.0800. The van der Waals surface area contributed by atoms with E-state index in [1.165, 1.54) is 0 Å². The van der Waals surface area contributed by atoms with Gasteiger partial charge in [-0.05, 0) is 34.6 Å². The molecule has 0 fully saturated rings. The number of hydrogen-bond acceptors (Lipinski definition) is 3. The topological polar surface area (TPSA) is 54.9 Å². The first-order valence-electron chi connectivity index (χ1n) is 6.39. The normalized spacial score (nSPS) is 12.9. The highest BCUT2D eigenvalue weighted by Crippen LogP contribution is 2.07. The van der Waals surface area contributed by atoms with E-state index in [9.17, 15) is 0 Å². The number of rotatable bonds is 7. The summed E-state index contributed by atoms with van der Waals surface area (Å²) in [6, 6.07) is 0. The molecule has 0 aromatic carbocycles. The van der Waals surface area contributed by atoms with Crippen molar-refractivity contribution in [2.24, 2.45) is 4.99 Å². The average molecular weight is 387 g/mol. The van der Waals surface area contributed by atoms with E-state index in [0.717, 1.165) is 12.5 Å². The number of methoxy groups -OCH3 is 2. The average Bonchev–Trinajstić information content (AvgIpc) is 2.33. The molecule has 0 saturated carbocycles. The van der Waals surface area contributed by atoms with Crippen LogP contribution in [0.3, 0.4) is 0 Å². The Labute approximate surface area is 134 Å². The maximum absolute atomic E-state index is 5.36. The second kappa shape index (κ2) is 9.77. The van der Waals surface area contributed by atoms with Crippen molar-refractivity contribution in [2.45, 2.75) is 45.8 Å². The molecule has 2 N–H and O–H groups in total. The third-order valence-corrected chi connectivity index (χ3v) is 2.75. The SMILES string of the molecule is CCNC(=NCC(C)(C)OC)NCC(C)(C)OC.I. The van der Waals surface area contributed by atoms with E-state index >= 15 is 0 Å². The van der Waals surface area contributed by atoms with E-state index in [2.05, 4.69) is 15.6 Å². The minimum Gasteiger partial charge on any atom is -0.377 e. The first kappa shape index (κ1) is 21.2. The predicted octanol–water partition coefficient (Wildman–Crippen LogP) is 2.01. The van der Waals surface area contributed by atoms with Crippen LogP contribution in [0.4, 0.5) is 0 Å². The summed E-state index contributed by atoms with van der Waals surface area (Å²) in [6.07, 6.45) is 0. The van der Waals surface area contributed by atoms with Gasteiger partial charge in [0.1, 0.15) is 0 Å². The molecule has 0 spiro atoms. The number of aliphatic imine (C=N–C) groups is 1. The minimum atomic E-state index is -0.251. The molecule has 0 bridgehead atoms. The molecule has 0 aliphatic heterocycles. The lowest BCUT2D eigenvalue weighted by Crippen LogP contribution is -2.46. The smallest absolute Gasteiger partial charge is 0.191 e. The molecule has 0 heterocycles. The molecule has 5 nitrogen and oxygen atoms in total. The van der Waals surface area contributed by atoms with E-state index in [4.69, 9.17) is 9.47 Å². The zero-order valence-electron chi connectivity index (χ0n) is 13.3. The van der Waals surface area contributed by atoms with Crippen molar-refractivity contribution < 1.29 is 9.47 Å². The molecule has 0 amide bonds. The second-order valence-corrected chi connectivity index (χ2v) is 5.48. The van der Waals surface area contributed by atoms with Gasteiger partial charge < -0.3 is 20.1 Å². The molecule has 0 aromatic rings. The van der Waals surface area contributed by atoms with Crippen molar-refractivity contribution in [3.63, 3.8) is 0 Å². The maximum atomic E-state index is 5.36. The zero-order valence-corrected chi connectivity index (χ0v) is 15.6. The van der Waals surface area contributed by atoms with Crippen LogP contribution in [0, 0.1) is 0 Å². The Morgan fingerprint density at radius 3 is 1.95 bits per heavy atom. The summed E-state index contributed by atoms with van der Waals surface area (Å²) >= 11 is 0. The van der Waals surface area contributed by atoms with Crippen LogP contribution in [-0.4, -0.2) is 51.0 Å². The molecule has 0 rings (SSSR count). The van der Waals surface area contributed by atoms with Crippen molar-refractivity contribution in [3.05, 3.63) is 0 Å². The highest BCUT2D eigenvalue weighted by Gasteiger charge is 2.18. The molecule has 116 valence electrons. The van der Waals surface area contributed by atoms with Crippen LogP contribution in [0.1, 0.15) is 34.6 Å². The summed E-state index contributed by atoms with van der Waals surface area (Å²) < 4.78 is 10.7. The van der Waals surface area contributed by atoms with E-state index in [1.807, 2.05) is 34.6 Å². The Morgan fingerprint density at radius 2 is 1.53 bits per heavy atom. The lowest BCUT2D eigenvalue weighted by atomic mass is 10.1. The Kier molecular flexibility index (Phi) is 10.9. The van der Waals surface area contributed by atoms with Gasteiger partial charge in [0, 0.05) is 27.3 Å². The van der Waals surface area contributed by atoms with Crippen LogP contribution in [0.25, 0.3) is 0 Å². The van der Waals surface area contributed by atoms with Gasteiger partial charge >= 0.3 is 0 Å². The molecule has 0 aromatic heterocycles. The highest BCUT2D eigenvalue weighted by molar-refractivity contribution is 14.0. The minimum absolute atomic E-state index is 0. The molecule has 0 aliphatic rings. The van der Waals surface area contributed by atoms with E-state index in [1.54, 1.807) is 14.2 Å². The summed E-state index contributed by atoms with van der Waals surface area (Å²) in [4.78, 5) is 4.51. The van der Waals surface area contributed by atoms with Crippen LogP contribution < -0.4 is 10.6 Å². The molecular weight excluding hydrogens is 357 g/mol. The fourth-order valence-corrected chi connectivity index (χ4v) is 1.04. The van der Waals surface area contributed by atoms with Gasteiger partial charge in [0.15, 0.2) is 5.96 Å². The van der Waals surface area contributed by atoms with E-state index < -0.39 is 0 Å². The number of halogens is 1. The summed E-state index contributed by atoms with van der Waals surface area (Å²) in [6.45, 7) is 12.3. The van der Waals surface area contributed by atoms with Gasteiger partial charge in [0.05, 0.1) is 17.7 Å². The first-order valence-corrected chi connectivity index (χ1v) is 6.39. The largest absolute Gasteiger partial charge is 0.377 e. The standard InChI is InChI=1S/C13H29N3O2.HI/c1-8-14-11(15-9-12(2,3)17-6)16-10-13(4,5)18-7;/h8-10H2,1-7H3,(H2,14,15,16);1H. The molecule has 0 aliphatic carbocycles. The number of nitrogens with one attached hydrogen (secondary N) is 2. The summed E-state index contributed by atoms with van der Waals surface area (Å²) in [7, 11) is 3.41. The number of ether oxygens (including phenoxy) is 2. The third-order valence-electron chi connectivity index (χ3n) is 2.75. The molecule has 0 unspecified atom stereocenters. The zero-order chi connectivity index (χ0) is 14.2. The van der Waals surface area contributed by atoms with Crippen LogP contribution in [0.5, 0.6) is 0 Å². The third kappa shape index (κ3) is 10.4. The highest BCUT2D eigenvalue weighted by atomic mass is 127. The van der Waals surface area contributed by atoms with Gasteiger partial charge in [-0.2, -0.15) is 0 Å². The number of nitrogens with zero attached hydrogens (tertiary/aromatic N) is 1. The monoisotopic (exact) mass is 387 g/mol. The second-order valence-electron chi connectivity index (χ2n) is 5.48.